The van der Waals surface area contributed by atoms with Crippen LogP contribution in [0.15, 0.2) is 21.5 Å². The van der Waals surface area contributed by atoms with Crippen molar-refractivity contribution >= 4 is 31.6 Å². The first-order valence-electron chi connectivity index (χ1n) is 6.41. The summed E-state index contributed by atoms with van der Waals surface area (Å²) in [4.78, 5) is -0.547. The summed E-state index contributed by atoms with van der Waals surface area (Å²) >= 11 is 2.92. The van der Waals surface area contributed by atoms with Crippen molar-refractivity contribution in [2.75, 3.05) is 12.3 Å². The van der Waals surface area contributed by atoms with E-state index in [-0.39, 0.29) is 22.6 Å². The number of nitrogen functional groups attached to an aromatic ring is 1. The van der Waals surface area contributed by atoms with Crippen LogP contribution in [0.5, 0.6) is 0 Å². The Morgan fingerprint density at radius 3 is 2.57 bits per heavy atom. The highest BCUT2D eigenvalue weighted by Crippen LogP contribution is 2.26. The number of anilines is 1. The third kappa shape index (κ3) is 5.21. The maximum absolute atomic E-state index is 13.9. The van der Waals surface area contributed by atoms with Gasteiger partial charge in [-0.05, 0) is 47.3 Å². The lowest BCUT2D eigenvalue weighted by Gasteiger charge is -2.25. The lowest BCUT2D eigenvalue weighted by Crippen LogP contribution is -2.41. The summed E-state index contributed by atoms with van der Waals surface area (Å²) in [5.41, 5.74) is 4.44. The van der Waals surface area contributed by atoms with Gasteiger partial charge >= 0.3 is 0 Å². The van der Waals surface area contributed by atoms with Crippen molar-refractivity contribution in [3.63, 3.8) is 0 Å². The highest BCUT2D eigenvalue weighted by molar-refractivity contribution is 9.10. The lowest BCUT2D eigenvalue weighted by molar-refractivity contribution is 0.0436. The summed E-state index contributed by atoms with van der Waals surface area (Å²) < 4.78 is 40.4. The molecule has 0 bridgehead atoms. The lowest BCUT2D eigenvalue weighted by atomic mass is 9.95. The monoisotopic (exact) mass is 382 g/mol. The second-order valence-corrected chi connectivity index (χ2v) is 8.32. The first kappa shape index (κ1) is 18.3. The predicted molar refractivity (Wildman–Crippen MR) is 83.8 cm³/mol. The van der Waals surface area contributed by atoms with Crippen molar-refractivity contribution in [2.24, 2.45) is 5.92 Å². The molecule has 8 heteroatoms. The molecule has 120 valence electrons. The van der Waals surface area contributed by atoms with E-state index in [9.17, 15) is 17.9 Å². The van der Waals surface area contributed by atoms with Gasteiger partial charge in [0.25, 0.3) is 0 Å². The molecule has 0 saturated heterocycles. The highest BCUT2D eigenvalue weighted by Gasteiger charge is 2.27. The molecule has 1 aromatic rings. The Kier molecular flexibility index (Phi) is 5.76. The van der Waals surface area contributed by atoms with Crippen LogP contribution in [0.4, 0.5) is 10.1 Å². The molecule has 1 atom stereocenters. The van der Waals surface area contributed by atoms with E-state index >= 15 is 0 Å². The van der Waals surface area contributed by atoms with Crippen LogP contribution in [0.3, 0.4) is 0 Å². The molecule has 1 aromatic carbocycles. The van der Waals surface area contributed by atoms with Crippen molar-refractivity contribution in [1.82, 2.24) is 4.72 Å². The fraction of sp³-hybridized carbons (Fsp3) is 0.538. The maximum Gasteiger partial charge on any atom is 0.243 e. The number of rotatable bonds is 6. The smallest absolute Gasteiger partial charge is 0.243 e. The predicted octanol–water partition coefficient (Wildman–Crippen LogP) is 2.25. The zero-order valence-electron chi connectivity index (χ0n) is 12.2. The minimum Gasteiger partial charge on any atom is -0.399 e. The van der Waals surface area contributed by atoms with Gasteiger partial charge in [-0.25, -0.2) is 17.5 Å². The minimum absolute atomic E-state index is 0.0307. The van der Waals surface area contributed by atoms with E-state index in [0.29, 0.717) is 6.42 Å². The van der Waals surface area contributed by atoms with Crippen LogP contribution in [0.1, 0.15) is 27.2 Å². The molecule has 0 saturated carbocycles. The molecule has 0 heterocycles. The van der Waals surface area contributed by atoms with E-state index in [4.69, 9.17) is 5.73 Å². The third-order valence-electron chi connectivity index (χ3n) is 2.80. The van der Waals surface area contributed by atoms with E-state index in [2.05, 4.69) is 20.7 Å². The summed E-state index contributed by atoms with van der Waals surface area (Å²) in [6, 6.07) is 2.32. The van der Waals surface area contributed by atoms with Gasteiger partial charge in [0.1, 0.15) is 4.90 Å². The summed E-state index contributed by atoms with van der Waals surface area (Å²) in [6.07, 6.45) is 0.415. The van der Waals surface area contributed by atoms with Gasteiger partial charge in [0.05, 0.1) is 10.1 Å². The van der Waals surface area contributed by atoms with Gasteiger partial charge in [-0.3, -0.25) is 0 Å². The molecule has 0 aliphatic carbocycles. The molecular weight excluding hydrogens is 363 g/mol. The molecule has 0 aromatic heterocycles. The van der Waals surface area contributed by atoms with Crippen molar-refractivity contribution in [3.05, 3.63) is 22.4 Å². The first-order chi connectivity index (χ1) is 9.44. The van der Waals surface area contributed by atoms with E-state index in [1.165, 1.54) is 13.0 Å². The van der Waals surface area contributed by atoms with E-state index in [1.54, 1.807) is 0 Å². The number of nitrogens with two attached hydrogens (primary N) is 1. The van der Waals surface area contributed by atoms with Crippen LogP contribution >= 0.6 is 15.9 Å². The Morgan fingerprint density at radius 1 is 1.48 bits per heavy atom. The topological polar surface area (TPSA) is 92.4 Å². The SMILES string of the molecule is CC(C)CC(C)(O)CNS(=O)(=O)c1cc(N)cc(Br)c1F. The molecular formula is C13H20BrFN2O3S. The van der Waals surface area contributed by atoms with Crippen molar-refractivity contribution in [1.29, 1.82) is 0 Å². The normalized spacial score (nSPS) is 15.2. The summed E-state index contributed by atoms with van der Waals surface area (Å²) in [5, 5.41) is 10.1. The Balaban J connectivity index is 2.98. The molecule has 1 rings (SSSR count). The summed E-state index contributed by atoms with van der Waals surface area (Å²) in [5.74, 6) is -0.719. The Morgan fingerprint density at radius 2 is 2.05 bits per heavy atom. The van der Waals surface area contributed by atoms with Crippen molar-refractivity contribution < 1.29 is 17.9 Å². The Bertz CT molecular complexity index is 618. The number of sulfonamides is 1. The third-order valence-corrected chi connectivity index (χ3v) is 4.78. The van der Waals surface area contributed by atoms with Gasteiger partial charge in [0.15, 0.2) is 5.82 Å². The molecule has 0 radical (unpaired) electrons. The van der Waals surface area contributed by atoms with Crippen LogP contribution in [0.25, 0.3) is 0 Å². The van der Waals surface area contributed by atoms with Gasteiger partial charge in [-0.2, -0.15) is 0 Å². The van der Waals surface area contributed by atoms with Gasteiger partial charge in [-0.15, -0.1) is 0 Å². The van der Waals surface area contributed by atoms with Crippen molar-refractivity contribution in [3.8, 4) is 0 Å². The van der Waals surface area contributed by atoms with E-state index in [1.807, 2.05) is 13.8 Å². The number of aliphatic hydroxyl groups is 1. The van der Waals surface area contributed by atoms with Crippen LogP contribution in [0.2, 0.25) is 0 Å². The largest absolute Gasteiger partial charge is 0.399 e. The molecule has 5 nitrogen and oxygen atoms in total. The van der Waals surface area contributed by atoms with E-state index in [0.717, 1.165) is 6.07 Å². The second kappa shape index (κ2) is 6.60. The van der Waals surface area contributed by atoms with Crippen LogP contribution < -0.4 is 10.5 Å². The molecule has 0 fully saturated rings. The molecule has 0 spiro atoms. The van der Waals surface area contributed by atoms with Crippen LogP contribution in [0, 0.1) is 11.7 Å². The number of nitrogens with one attached hydrogen (secondary N) is 1. The van der Waals surface area contributed by atoms with Crippen LogP contribution in [-0.4, -0.2) is 25.7 Å². The zero-order valence-corrected chi connectivity index (χ0v) is 14.6. The fourth-order valence-electron chi connectivity index (χ4n) is 2.06. The van der Waals surface area contributed by atoms with Gasteiger partial charge in [-0.1, -0.05) is 13.8 Å². The van der Waals surface area contributed by atoms with Gasteiger partial charge in [0.2, 0.25) is 10.0 Å². The number of hydrogen-bond donors (Lipinski definition) is 3. The molecule has 4 N–H and O–H groups in total. The number of benzene rings is 1. The average Bonchev–Trinajstić information content (AvgIpc) is 2.30. The first-order valence-corrected chi connectivity index (χ1v) is 8.69. The molecule has 0 aliphatic rings. The molecule has 0 aliphatic heterocycles. The summed E-state index contributed by atoms with van der Waals surface area (Å²) in [6.45, 7) is 5.15. The number of halogens is 2. The van der Waals surface area contributed by atoms with Crippen molar-refractivity contribution in [2.45, 2.75) is 37.7 Å². The van der Waals surface area contributed by atoms with E-state index < -0.39 is 26.3 Å². The maximum atomic E-state index is 13.9. The zero-order chi connectivity index (χ0) is 16.4. The molecule has 21 heavy (non-hydrogen) atoms. The van der Waals surface area contributed by atoms with Gasteiger partial charge < -0.3 is 10.8 Å². The molecule has 0 amide bonds. The second-order valence-electron chi connectivity index (χ2n) is 5.73. The standard InChI is InChI=1S/C13H20BrFN2O3S/c1-8(2)6-13(3,18)7-17-21(19,20)11-5-9(16)4-10(14)12(11)15/h4-5,8,17-18H,6-7,16H2,1-3H3. The minimum atomic E-state index is -4.10. The summed E-state index contributed by atoms with van der Waals surface area (Å²) in [7, 11) is -4.10. The quantitative estimate of drug-likeness (QED) is 0.657. The fourth-order valence-corrected chi connectivity index (χ4v) is 3.96. The van der Waals surface area contributed by atoms with Crippen LogP contribution in [-0.2, 0) is 10.0 Å². The van der Waals surface area contributed by atoms with Gasteiger partial charge in [0, 0.05) is 12.2 Å². The average molecular weight is 383 g/mol. The molecule has 1 unspecified atom stereocenters. The highest BCUT2D eigenvalue weighted by atomic mass is 79.9. The Labute approximate surface area is 132 Å². The Hall–Kier alpha value is -0.700. The number of hydrogen-bond acceptors (Lipinski definition) is 4.